The third-order valence-electron chi connectivity index (χ3n) is 4.59. The Morgan fingerprint density at radius 2 is 1.81 bits per heavy atom. The van der Waals surface area contributed by atoms with Crippen LogP contribution in [0.3, 0.4) is 0 Å². The normalized spacial score (nSPS) is 19.8. The van der Waals surface area contributed by atoms with E-state index in [4.69, 9.17) is 23.2 Å². The molecule has 0 aliphatic heterocycles. The molecule has 0 atom stereocenters. The average Bonchev–Trinajstić information content (AvgIpc) is 2.67. The summed E-state index contributed by atoms with van der Waals surface area (Å²) in [4.78, 5) is 17.5. The molecule has 2 aromatic heterocycles. The Morgan fingerprint density at radius 3 is 2.59 bits per heavy atom. The van der Waals surface area contributed by atoms with Crippen LogP contribution in [0, 0.1) is 0 Å². The predicted molar refractivity (Wildman–Crippen MR) is 107 cm³/mol. The van der Waals surface area contributed by atoms with Crippen LogP contribution in [0.1, 0.15) is 25.7 Å². The van der Waals surface area contributed by atoms with Crippen LogP contribution in [0.25, 0.3) is 11.0 Å². The van der Waals surface area contributed by atoms with Crippen LogP contribution in [-0.4, -0.2) is 37.2 Å². The zero-order valence-corrected chi connectivity index (χ0v) is 15.9. The summed E-state index contributed by atoms with van der Waals surface area (Å²) in [5.41, 5.74) is 1.99. The third-order valence-corrected chi connectivity index (χ3v) is 5.33. The van der Waals surface area contributed by atoms with Crippen LogP contribution in [0.15, 0.2) is 30.7 Å². The van der Waals surface area contributed by atoms with Crippen LogP contribution in [-0.2, 0) is 0 Å². The van der Waals surface area contributed by atoms with Crippen molar-refractivity contribution in [1.29, 1.82) is 0 Å². The maximum atomic E-state index is 9.65. The molecule has 27 heavy (non-hydrogen) atoms. The second-order valence-corrected chi connectivity index (χ2v) is 7.37. The van der Waals surface area contributed by atoms with Crippen molar-refractivity contribution in [1.82, 2.24) is 19.9 Å². The molecule has 1 fully saturated rings. The van der Waals surface area contributed by atoms with Gasteiger partial charge < -0.3 is 15.7 Å². The van der Waals surface area contributed by atoms with Gasteiger partial charge in [-0.3, -0.25) is 0 Å². The van der Waals surface area contributed by atoms with Gasteiger partial charge >= 0.3 is 0 Å². The maximum absolute atomic E-state index is 9.65. The van der Waals surface area contributed by atoms with Crippen LogP contribution >= 0.6 is 23.2 Å². The lowest BCUT2D eigenvalue weighted by Crippen LogP contribution is -2.28. The minimum absolute atomic E-state index is 0.198. The molecule has 0 bridgehead atoms. The SMILES string of the molecule is O[C@H]1CC[C@H](Nc2ncc3ncnc(Nc4ccc(Cl)c(Cl)c4)c3n2)CC1. The summed E-state index contributed by atoms with van der Waals surface area (Å²) in [6, 6.07) is 5.51. The number of halogens is 2. The van der Waals surface area contributed by atoms with Gasteiger partial charge in [-0.1, -0.05) is 23.2 Å². The number of anilines is 3. The number of aromatic nitrogens is 4. The molecule has 3 aromatic rings. The Balaban J connectivity index is 1.60. The van der Waals surface area contributed by atoms with Gasteiger partial charge in [-0.05, 0) is 43.9 Å². The Labute approximate surface area is 166 Å². The lowest BCUT2D eigenvalue weighted by Gasteiger charge is -2.26. The van der Waals surface area contributed by atoms with E-state index in [-0.39, 0.29) is 12.1 Å². The van der Waals surface area contributed by atoms with E-state index in [1.807, 2.05) is 6.07 Å². The second-order valence-electron chi connectivity index (χ2n) is 6.55. The molecule has 7 nitrogen and oxygen atoms in total. The van der Waals surface area contributed by atoms with E-state index in [1.54, 1.807) is 18.3 Å². The van der Waals surface area contributed by atoms with Gasteiger partial charge in [0.25, 0.3) is 0 Å². The summed E-state index contributed by atoms with van der Waals surface area (Å²) in [5.74, 6) is 1.08. The van der Waals surface area contributed by atoms with E-state index < -0.39 is 0 Å². The summed E-state index contributed by atoms with van der Waals surface area (Å²) in [6.45, 7) is 0. The largest absolute Gasteiger partial charge is 0.393 e. The Morgan fingerprint density at radius 1 is 1.00 bits per heavy atom. The first kappa shape index (κ1) is 18.2. The lowest BCUT2D eigenvalue weighted by atomic mass is 9.93. The minimum atomic E-state index is -0.198. The molecule has 140 valence electrons. The van der Waals surface area contributed by atoms with E-state index in [9.17, 15) is 5.11 Å². The molecule has 0 radical (unpaired) electrons. The first-order chi connectivity index (χ1) is 13.1. The summed E-state index contributed by atoms with van der Waals surface area (Å²) in [7, 11) is 0. The number of aliphatic hydroxyl groups excluding tert-OH is 1. The fraction of sp³-hybridized carbons (Fsp3) is 0.333. The number of nitrogens with zero attached hydrogens (tertiary/aromatic N) is 4. The summed E-state index contributed by atoms with van der Waals surface area (Å²) >= 11 is 12.1. The fourth-order valence-corrected chi connectivity index (χ4v) is 3.43. The van der Waals surface area contributed by atoms with Gasteiger partial charge in [-0.2, -0.15) is 0 Å². The maximum Gasteiger partial charge on any atom is 0.223 e. The van der Waals surface area contributed by atoms with Gasteiger partial charge in [0.2, 0.25) is 5.95 Å². The molecular formula is C18H18Cl2N6O. The highest BCUT2D eigenvalue weighted by Crippen LogP contribution is 2.28. The van der Waals surface area contributed by atoms with Crippen molar-refractivity contribution in [2.75, 3.05) is 10.6 Å². The Bertz CT molecular complexity index is 962. The van der Waals surface area contributed by atoms with E-state index in [0.717, 1.165) is 31.4 Å². The standard InChI is InChI=1S/C18H18Cl2N6O/c19-13-6-3-11(7-14(13)20)24-17-16-15(22-9-23-17)8-21-18(26-16)25-10-1-4-12(27)5-2-10/h3,6-10,12,27H,1-2,4-5H2,(H,21,25,26)(H,22,23,24)/t10-,12-. The van der Waals surface area contributed by atoms with Crippen molar-refractivity contribution < 1.29 is 5.11 Å². The van der Waals surface area contributed by atoms with Crippen LogP contribution in [0.4, 0.5) is 17.5 Å². The smallest absolute Gasteiger partial charge is 0.223 e. The summed E-state index contributed by atoms with van der Waals surface area (Å²) in [6.07, 6.45) is 6.29. The average molecular weight is 405 g/mol. The highest BCUT2D eigenvalue weighted by Gasteiger charge is 2.20. The molecule has 0 amide bonds. The molecule has 1 aromatic carbocycles. The Kier molecular flexibility index (Phi) is 5.24. The van der Waals surface area contributed by atoms with Gasteiger partial charge in [0.1, 0.15) is 17.4 Å². The van der Waals surface area contributed by atoms with Gasteiger partial charge in [-0.25, -0.2) is 19.9 Å². The number of fused-ring (bicyclic) bond motifs is 1. The number of hydrogen-bond donors (Lipinski definition) is 3. The van der Waals surface area contributed by atoms with Crippen LogP contribution in [0.5, 0.6) is 0 Å². The zero-order chi connectivity index (χ0) is 18.8. The number of rotatable bonds is 4. The molecule has 1 saturated carbocycles. The third kappa shape index (κ3) is 4.21. The molecule has 0 spiro atoms. The molecular weight excluding hydrogens is 387 g/mol. The topological polar surface area (TPSA) is 95.9 Å². The molecule has 0 saturated heterocycles. The van der Waals surface area contributed by atoms with E-state index in [0.29, 0.717) is 32.8 Å². The lowest BCUT2D eigenvalue weighted by molar-refractivity contribution is 0.126. The van der Waals surface area contributed by atoms with Crippen LogP contribution < -0.4 is 10.6 Å². The molecule has 9 heteroatoms. The fourth-order valence-electron chi connectivity index (χ4n) is 3.13. The van der Waals surface area contributed by atoms with Crippen LogP contribution in [0.2, 0.25) is 10.0 Å². The van der Waals surface area contributed by atoms with Crippen molar-refractivity contribution in [2.45, 2.75) is 37.8 Å². The summed E-state index contributed by atoms with van der Waals surface area (Å²) in [5, 5.41) is 17.1. The first-order valence-electron chi connectivity index (χ1n) is 8.73. The van der Waals surface area contributed by atoms with Gasteiger partial charge in [0.15, 0.2) is 5.82 Å². The molecule has 1 aliphatic carbocycles. The summed E-state index contributed by atoms with van der Waals surface area (Å²) < 4.78 is 0. The minimum Gasteiger partial charge on any atom is -0.393 e. The van der Waals surface area contributed by atoms with E-state index in [2.05, 4.69) is 30.6 Å². The van der Waals surface area contributed by atoms with Crippen molar-refractivity contribution in [3.8, 4) is 0 Å². The van der Waals surface area contributed by atoms with E-state index in [1.165, 1.54) is 6.33 Å². The first-order valence-corrected chi connectivity index (χ1v) is 9.48. The zero-order valence-electron chi connectivity index (χ0n) is 14.4. The second kappa shape index (κ2) is 7.80. The Hall–Kier alpha value is -2.22. The molecule has 4 rings (SSSR count). The molecule has 3 N–H and O–H groups in total. The number of nitrogens with one attached hydrogen (secondary N) is 2. The van der Waals surface area contributed by atoms with Crippen molar-refractivity contribution in [2.24, 2.45) is 0 Å². The van der Waals surface area contributed by atoms with Gasteiger partial charge in [-0.15, -0.1) is 0 Å². The quantitative estimate of drug-likeness (QED) is 0.599. The molecule has 0 unspecified atom stereocenters. The highest BCUT2D eigenvalue weighted by molar-refractivity contribution is 6.42. The number of aliphatic hydroxyl groups is 1. The van der Waals surface area contributed by atoms with Gasteiger partial charge in [0, 0.05) is 11.7 Å². The van der Waals surface area contributed by atoms with Crippen molar-refractivity contribution >= 4 is 51.7 Å². The molecule has 2 heterocycles. The highest BCUT2D eigenvalue weighted by atomic mass is 35.5. The number of benzene rings is 1. The van der Waals surface area contributed by atoms with Gasteiger partial charge in [0.05, 0.1) is 22.3 Å². The molecule has 1 aliphatic rings. The predicted octanol–water partition coefficient (Wildman–Crippen LogP) is 4.19. The monoisotopic (exact) mass is 404 g/mol. The number of hydrogen-bond acceptors (Lipinski definition) is 7. The van der Waals surface area contributed by atoms with E-state index >= 15 is 0 Å². The van der Waals surface area contributed by atoms with Crippen molar-refractivity contribution in [3.63, 3.8) is 0 Å². The van der Waals surface area contributed by atoms with Crippen molar-refractivity contribution in [3.05, 3.63) is 40.8 Å².